The zero-order valence-corrected chi connectivity index (χ0v) is 47.4. The van der Waals surface area contributed by atoms with Gasteiger partial charge in [0.05, 0.1) is 26.2 Å². The highest BCUT2D eigenvalue weighted by Crippen LogP contribution is 2.35. The first kappa shape index (κ1) is 55.8. The number of sulfone groups is 2. The Bertz CT molecular complexity index is 4230. The zero-order valence-electron chi connectivity index (χ0n) is 44.2. The Morgan fingerprint density at radius 2 is 0.900 bits per heavy atom. The third-order valence-corrected chi connectivity index (χ3v) is 20.8. The predicted molar refractivity (Wildman–Crippen MR) is 306 cm³/mol. The molecule has 6 heterocycles. The number of nitrogens with one attached hydrogen (secondary N) is 1. The molecule has 0 saturated heterocycles. The van der Waals surface area contributed by atoms with Gasteiger partial charge in [-0.25, -0.2) is 30.0 Å². The maximum atomic E-state index is 12.0. The van der Waals surface area contributed by atoms with Crippen LogP contribution in [-0.2, 0) is 102 Å². The maximum Gasteiger partial charge on any atom is 0.323 e. The molecule has 0 bridgehead atoms. The number of aliphatic carboxylic acids is 3. The van der Waals surface area contributed by atoms with Gasteiger partial charge in [0, 0.05) is 61.4 Å². The van der Waals surface area contributed by atoms with E-state index in [1.807, 2.05) is 122 Å². The largest absolute Gasteiger partial charge is 0.480 e. The topological polar surface area (TPSA) is 241 Å². The van der Waals surface area contributed by atoms with Crippen LogP contribution in [0, 0.1) is 27.7 Å². The third kappa shape index (κ3) is 10.9. The molecular weight excluding hydrogens is 1100 g/mol. The van der Waals surface area contributed by atoms with Gasteiger partial charge in [0.1, 0.15) is 19.6 Å². The number of aromatic nitrogens is 3. The van der Waals surface area contributed by atoms with Crippen LogP contribution in [0.2, 0.25) is 5.02 Å². The smallest absolute Gasteiger partial charge is 0.323 e. The molecule has 16 nitrogen and oxygen atoms in total. The van der Waals surface area contributed by atoms with E-state index in [0.717, 1.165) is 105 Å². The molecule has 0 spiro atoms. The Morgan fingerprint density at radius 3 is 1.39 bits per heavy atom. The second kappa shape index (κ2) is 21.5. The number of hydrogen-bond donors (Lipinski definition) is 4. The number of rotatable bonds is 12. The lowest BCUT2D eigenvalue weighted by atomic mass is 9.99. The number of carboxylic acids is 3. The van der Waals surface area contributed by atoms with E-state index in [1.165, 1.54) is 0 Å². The van der Waals surface area contributed by atoms with Crippen molar-refractivity contribution in [2.75, 3.05) is 11.5 Å². The second-order valence-electron chi connectivity index (χ2n) is 20.6. The molecule has 0 aliphatic carbocycles. The van der Waals surface area contributed by atoms with Gasteiger partial charge in [-0.15, -0.1) is 0 Å². The number of benzene rings is 6. The van der Waals surface area contributed by atoms with Crippen molar-refractivity contribution >= 4 is 91.9 Å². The molecule has 4 N–H and O–H groups in total. The average molecular weight is 1160 g/mol. The summed E-state index contributed by atoms with van der Waals surface area (Å²) in [5, 5.41) is 31.4. The van der Waals surface area contributed by atoms with E-state index in [-0.39, 0.29) is 31.1 Å². The van der Waals surface area contributed by atoms with Gasteiger partial charge in [-0.2, -0.15) is 0 Å². The molecule has 0 fully saturated rings. The van der Waals surface area contributed by atoms with Gasteiger partial charge in [0.25, 0.3) is 0 Å². The van der Waals surface area contributed by atoms with Crippen molar-refractivity contribution in [3.63, 3.8) is 0 Å². The molecule has 9 aromatic rings. The van der Waals surface area contributed by atoms with Gasteiger partial charge >= 0.3 is 17.9 Å². The van der Waals surface area contributed by atoms with Crippen LogP contribution < -0.4 is 4.72 Å². The lowest BCUT2D eigenvalue weighted by Gasteiger charge is -2.07. The number of sulfonamides is 1. The summed E-state index contributed by atoms with van der Waals surface area (Å²) in [4.78, 5) is 35.1. The Labute approximate surface area is 467 Å². The molecule has 0 amide bonds. The highest BCUT2D eigenvalue weighted by Gasteiger charge is 2.29. The maximum absolute atomic E-state index is 12.0. The molecule has 20 heteroatoms. The van der Waals surface area contributed by atoms with Crippen LogP contribution in [0.1, 0.15) is 72.7 Å². The van der Waals surface area contributed by atoms with Crippen LogP contribution in [0.25, 0.3) is 32.7 Å². The summed E-state index contributed by atoms with van der Waals surface area (Å²) < 4.78 is 79.8. The fourth-order valence-corrected chi connectivity index (χ4v) is 16.1. The lowest BCUT2D eigenvalue weighted by Crippen LogP contribution is -2.13. The Morgan fingerprint density at radius 1 is 0.487 bits per heavy atom. The second-order valence-corrected chi connectivity index (χ2v) is 27.0. The summed E-state index contributed by atoms with van der Waals surface area (Å²) in [5.41, 5.74) is 15.2. The zero-order chi connectivity index (χ0) is 57.2. The Kier molecular flexibility index (Phi) is 15.0. The van der Waals surface area contributed by atoms with Gasteiger partial charge in [-0.05, 0) is 164 Å². The predicted octanol–water partition coefficient (Wildman–Crippen LogP) is 9.29. The van der Waals surface area contributed by atoms with Crippen molar-refractivity contribution in [2.45, 2.75) is 101 Å². The summed E-state index contributed by atoms with van der Waals surface area (Å²) in [6.45, 7) is 7.84. The average Bonchev–Trinajstić information content (AvgIpc) is 4.21. The van der Waals surface area contributed by atoms with Gasteiger partial charge in [0.15, 0.2) is 19.7 Å². The molecule has 0 atom stereocenters. The van der Waals surface area contributed by atoms with Crippen LogP contribution in [0.15, 0.2) is 130 Å². The van der Waals surface area contributed by atoms with Crippen molar-refractivity contribution in [1.82, 2.24) is 18.4 Å². The number of halogens is 1. The monoisotopic (exact) mass is 1160 g/mol. The van der Waals surface area contributed by atoms with E-state index in [0.29, 0.717) is 58.4 Å². The molecular formula is C60H57ClN4O12S3. The van der Waals surface area contributed by atoms with Crippen LogP contribution in [-0.4, -0.2) is 83.7 Å². The van der Waals surface area contributed by atoms with Crippen molar-refractivity contribution < 1.29 is 55.0 Å². The Hall–Kier alpha value is -7.55. The van der Waals surface area contributed by atoms with Crippen LogP contribution >= 0.6 is 11.6 Å². The van der Waals surface area contributed by atoms with Crippen molar-refractivity contribution in [3.8, 4) is 0 Å². The number of para-hydroxylation sites is 1. The summed E-state index contributed by atoms with van der Waals surface area (Å²) >= 11 is 6.18. The van der Waals surface area contributed by atoms with Gasteiger partial charge in [-0.3, -0.25) is 14.4 Å². The highest BCUT2D eigenvalue weighted by atomic mass is 35.5. The van der Waals surface area contributed by atoms with Crippen molar-refractivity contribution in [2.24, 2.45) is 0 Å². The summed E-state index contributed by atoms with van der Waals surface area (Å²) in [6.07, 6.45) is 2.95. The van der Waals surface area contributed by atoms with Gasteiger partial charge in [0.2, 0.25) is 10.0 Å². The number of fused-ring (bicyclic) bond motifs is 6. The molecule has 3 aliphatic heterocycles. The molecule has 12 rings (SSSR count). The van der Waals surface area contributed by atoms with Crippen molar-refractivity contribution in [1.29, 1.82) is 0 Å². The third-order valence-electron chi connectivity index (χ3n) is 15.5. The van der Waals surface area contributed by atoms with Gasteiger partial charge < -0.3 is 29.0 Å². The highest BCUT2D eigenvalue weighted by molar-refractivity contribution is 7.92. The van der Waals surface area contributed by atoms with E-state index >= 15 is 0 Å². The minimum atomic E-state index is -3.37. The Balaban J connectivity index is 0.000000135. The number of nitrogens with zero attached hydrogens (tertiary/aromatic N) is 3. The van der Waals surface area contributed by atoms with Gasteiger partial charge in [-0.1, -0.05) is 77.8 Å². The molecule has 0 saturated carbocycles. The van der Waals surface area contributed by atoms with E-state index in [4.69, 9.17) is 11.6 Å². The first-order chi connectivity index (χ1) is 37.9. The first-order valence-electron chi connectivity index (χ1n) is 25.8. The molecule has 6 aromatic carbocycles. The van der Waals surface area contributed by atoms with Crippen LogP contribution in [0.3, 0.4) is 0 Å². The van der Waals surface area contributed by atoms with E-state index in [9.17, 15) is 55.0 Å². The first-order valence-corrected chi connectivity index (χ1v) is 30.9. The summed E-state index contributed by atoms with van der Waals surface area (Å²) in [6, 6.07) is 35.7. The standard InChI is InChI=1S/C21H21NO4S.C20H18ClNO4S.C19H18N2O4S/c1-13-3-5-19-18(9-13)17(14(2)22(19)12-21(23)24)11-15-4-6-20-16(10-15)7-8-27(20,25)26;1-12-16(9-13-2-5-19-14(8-13)6-7-27(19,25)26)17-10-15(21)3-4-18(17)22(12)11-20(23)24;1-12-16(15-4-2-3-5-17(15)21(12)11-19(22)23)9-13-6-7-18-14(8-13)10-20-26(18,24)25/h3-6,9-10H,7-8,11-12H2,1-2H3,(H,23,24);2-5,8,10H,6-7,9,11H2,1H3,(H,23,24);2-8,20H,9-11H2,1H3,(H,22,23). The minimum Gasteiger partial charge on any atom is -0.480 e. The number of carbonyl (C=O) groups is 3. The van der Waals surface area contributed by atoms with Crippen LogP contribution in [0.5, 0.6) is 0 Å². The SMILES string of the molecule is Cc1c(Cc2ccc3c(c2)CCS3(=O)=O)c2cc(Cl)ccc2n1CC(=O)O.Cc1c(Cc2ccc3c(c2)CNS3(=O)=O)c2ccccc2n1CC(=O)O.Cc1ccc2c(c1)c(Cc1ccc3c(c1)CCS3(=O)=O)c(C)n2CC(=O)O. The lowest BCUT2D eigenvalue weighted by molar-refractivity contribution is -0.138. The molecule has 0 unspecified atom stereocenters. The van der Waals surface area contributed by atoms with Crippen molar-refractivity contribution in [3.05, 3.63) is 193 Å². The number of hydrogen-bond acceptors (Lipinski definition) is 9. The molecule has 3 aliphatic rings. The molecule has 80 heavy (non-hydrogen) atoms. The quantitative estimate of drug-likeness (QED) is 0.0895. The fraction of sp³-hybridized carbons (Fsp3) is 0.250. The minimum absolute atomic E-state index is 0.0756. The normalized spacial score (nSPS) is 15.2. The van der Waals surface area contributed by atoms with E-state index in [1.54, 1.807) is 28.8 Å². The molecule has 0 radical (unpaired) electrons. The van der Waals surface area contributed by atoms with Crippen LogP contribution in [0.4, 0.5) is 0 Å². The number of aryl methyl sites for hydroxylation is 3. The number of carboxylic acid groups (broad SMARTS) is 3. The molecule has 3 aromatic heterocycles. The summed E-state index contributed by atoms with van der Waals surface area (Å²) in [7, 11) is -9.63. The fourth-order valence-electron chi connectivity index (χ4n) is 11.6. The van der Waals surface area contributed by atoms with E-state index in [2.05, 4.69) is 10.8 Å². The van der Waals surface area contributed by atoms with E-state index < -0.39 is 47.6 Å². The molecule has 414 valence electrons. The summed E-state index contributed by atoms with van der Waals surface area (Å²) in [5.74, 6) is -2.31.